The highest BCUT2D eigenvalue weighted by Gasteiger charge is 2.34. The van der Waals surface area contributed by atoms with Crippen LogP contribution in [0.1, 0.15) is 52.4 Å². The minimum Gasteiger partial charge on any atom is -0.453 e. The van der Waals surface area contributed by atoms with Crippen molar-refractivity contribution >= 4 is 23.5 Å². The van der Waals surface area contributed by atoms with Gasteiger partial charge in [0.05, 0.1) is 24.6 Å². The first kappa shape index (κ1) is 22.0. The topological polar surface area (TPSA) is 84.9 Å². The number of fused-ring (bicyclic) bond motifs is 1. The van der Waals surface area contributed by atoms with Crippen molar-refractivity contribution in [1.29, 1.82) is 0 Å². The molecular weight excluding hydrogens is 408 g/mol. The van der Waals surface area contributed by atoms with Gasteiger partial charge in [0.1, 0.15) is 6.10 Å². The van der Waals surface area contributed by atoms with Gasteiger partial charge in [-0.05, 0) is 49.9 Å². The fourth-order valence-corrected chi connectivity index (χ4v) is 4.20. The van der Waals surface area contributed by atoms with Crippen LogP contribution in [-0.2, 0) is 19.1 Å². The highest BCUT2D eigenvalue weighted by molar-refractivity contribution is 5.96. The molecule has 0 saturated carbocycles. The molecule has 2 aliphatic rings. The zero-order valence-corrected chi connectivity index (χ0v) is 18.4. The van der Waals surface area contributed by atoms with Gasteiger partial charge in [0, 0.05) is 24.4 Å². The molecule has 7 nitrogen and oxygen atoms in total. The number of carbonyl (C=O) groups excluding carboxylic acids is 3. The number of carbonyl (C=O) groups is 3. The molecule has 0 spiro atoms. The standard InChI is InChI=1S/C25H28N2O5/c1-16-7-5-11-21(17(16)2)26-23(28)15-27(14-18-8-6-12-31-18)24(29)13-22-19-9-3-4-10-20(19)25(30)32-22/h3-5,7,9-11,18,22H,6,8,12-15H2,1-2H3,(H,26,28)/t18-,22-/m0/s1. The van der Waals surface area contributed by atoms with Crippen molar-refractivity contribution in [2.45, 2.75) is 45.3 Å². The van der Waals surface area contributed by atoms with E-state index < -0.39 is 12.1 Å². The number of hydrogen-bond acceptors (Lipinski definition) is 5. The molecule has 0 radical (unpaired) electrons. The lowest BCUT2D eigenvalue weighted by atomic mass is 10.0. The second-order valence-electron chi connectivity index (χ2n) is 8.39. The van der Waals surface area contributed by atoms with Gasteiger partial charge in [-0.15, -0.1) is 0 Å². The second kappa shape index (κ2) is 9.53. The second-order valence-corrected chi connectivity index (χ2v) is 8.39. The number of esters is 1. The molecule has 168 valence electrons. The van der Waals surface area contributed by atoms with Crippen LogP contribution in [0.4, 0.5) is 5.69 Å². The number of ether oxygens (including phenoxy) is 2. The fourth-order valence-electron chi connectivity index (χ4n) is 4.20. The number of anilines is 1. The van der Waals surface area contributed by atoms with E-state index in [0.29, 0.717) is 24.3 Å². The lowest BCUT2D eigenvalue weighted by molar-refractivity contribution is -0.138. The molecule has 0 aromatic heterocycles. The Hall–Kier alpha value is -3.19. The lowest BCUT2D eigenvalue weighted by Crippen LogP contribution is -2.42. The summed E-state index contributed by atoms with van der Waals surface area (Å²) in [7, 11) is 0. The summed E-state index contributed by atoms with van der Waals surface area (Å²) < 4.78 is 11.1. The number of rotatable bonds is 7. The predicted octanol–water partition coefficient (Wildman–Crippen LogP) is 3.55. The molecule has 4 rings (SSSR count). The molecule has 2 aliphatic heterocycles. The van der Waals surface area contributed by atoms with Crippen molar-refractivity contribution < 1.29 is 23.9 Å². The molecule has 1 saturated heterocycles. The first-order valence-electron chi connectivity index (χ1n) is 11.0. The summed E-state index contributed by atoms with van der Waals surface area (Å²) >= 11 is 0. The Morgan fingerprint density at radius 3 is 2.72 bits per heavy atom. The number of nitrogens with one attached hydrogen (secondary N) is 1. The molecule has 2 amide bonds. The summed E-state index contributed by atoms with van der Waals surface area (Å²) in [6.07, 6.45) is 1.05. The molecule has 0 aliphatic carbocycles. The quantitative estimate of drug-likeness (QED) is 0.671. The Labute approximate surface area is 187 Å². The van der Waals surface area contributed by atoms with Crippen molar-refractivity contribution in [1.82, 2.24) is 4.90 Å². The summed E-state index contributed by atoms with van der Waals surface area (Å²) in [5, 5.41) is 2.92. The van der Waals surface area contributed by atoms with Crippen LogP contribution in [0.2, 0.25) is 0 Å². The number of nitrogens with zero attached hydrogens (tertiary/aromatic N) is 1. The number of cyclic esters (lactones) is 1. The van der Waals surface area contributed by atoms with E-state index in [9.17, 15) is 14.4 Å². The van der Waals surface area contributed by atoms with E-state index in [2.05, 4.69) is 5.32 Å². The van der Waals surface area contributed by atoms with Crippen LogP contribution >= 0.6 is 0 Å². The van der Waals surface area contributed by atoms with Gasteiger partial charge in [0.15, 0.2) is 0 Å². The van der Waals surface area contributed by atoms with Crippen LogP contribution in [0.3, 0.4) is 0 Å². The molecule has 1 fully saturated rings. The molecule has 0 unspecified atom stereocenters. The molecule has 7 heteroatoms. The summed E-state index contributed by atoms with van der Waals surface area (Å²) in [4.78, 5) is 39.7. The van der Waals surface area contributed by atoms with Gasteiger partial charge in [-0.1, -0.05) is 30.3 Å². The monoisotopic (exact) mass is 436 g/mol. The van der Waals surface area contributed by atoms with Gasteiger partial charge in [-0.25, -0.2) is 4.79 Å². The maximum atomic E-state index is 13.2. The predicted molar refractivity (Wildman–Crippen MR) is 119 cm³/mol. The largest absolute Gasteiger partial charge is 0.453 e. The zero-order valence-electron chi connectivity index (χ0n) is 18.4. The van der Waals surface area contributed by atoms with Gasteiger partial charge in [0.2, 0.25) is 11.8 Å². The Morgan fingerprint density at radius 1 is 1.12 bits per heavy atom. The van der Waals surface area contributed by atoms with E-state index in [1.807, 2.05) is 38.1 Å². The first-order valence-corrected chi connectivity index (χ1v) is 11.0. The van der Waals surface area contributed by atoms with Gasteiger partial charge in [-0.3, -0.25) is 9.59 Å². The number of hydrogen-bond donors (Lipinski definition) is 1. The van der Waals surface area contributed by atoms with E-state index in [4.69, 9.17) is 9.47 Å². The molecule has 0 bridgehead atoms. The van der Waals surface area contributed by atoms with Gasteiger partial charge in [-0.2, -0.15) is 0 Å². The minimum atomic E-state index is -0.639. The minimum absolute atomic E-state index is 0.00771. The van der Waals surface area contributed by atoms with Gasteiger partial charge in [0.25, 0.3) is 0 Å². The van der Waals surface area contributed by atoms with E-state index in [1.54, 1.807) is 18.2 Å². The van der Waals surface area contributed by atoms with Gasteiger partial charge < -0.3 is 19.7 Å². The number of benzene rings is 2. The Bertz CT molecular complexity index is 1030. The van der Waals surface area contributed by atoms with Crippen LogP contribution < -0.4 is 5.32 Å². The molecular formula is C25H28N2O5. The summed E-state index contributed by atoms with van der Waals surface area (Å²) in [6.45, 7) is 4.84. The number of amides is 2. The summed E-state index contributed by atoms with van der Waals surface area (Å²) in [6, 6.07) is 12.8. The van der Waals surface area contributed by atoms with E-state index in [-0.39, 0.29) is 30.9 Å². The first-order chi connectivity index (χ1) is 15.4. The average molecular weight is 437 g/mol. The van der Waals surface area contributed by atoms with Crippen LogP contribution in [-0.4, -0.2) is 48.5 Å². The van der Waals surface area contributed by atoms with Crippen LogP contribution in [0.25, 0.3) is 0 Å². The van der Waals surface area contributed by atoms with Crippen LogP contribution in [0.5, 0.6) is 0 Å². The fraction of sp³-hybridized carbons (Fsp3) is 0.400. The van der Waals surface area contributed by atoms with Crippen molar-refractivity contribution in [2.75, 3.05) is 25.0 Å². The van der Waals surface area contributed by atoms with Crippen molar-refractivity contribution in [3.8, 4) is 0 Å². The van der Waals surface area contributed by atoms with Crippen molar-refractivity contribution in [3.63, 3.8) is 0 Å². The lowest BCUT2D eigenvalue weighted by Gasteiger charge is -2.26. The molecule has 1 N–H and O–H groups in total. The molecule has 32 heavy (non-hydrogen) atoms. The maximum Gasteiger partial charge on any atom is 0.339 e. The SMILES string of the molecule is Cc1cccc(NC(=O)CN(C[C@@H]2CCCO2)C(=O)C[C@@H]2OC(=O)c3ccccc32)c1C. The van der Waals surface area contributed by atoms with Crippen molar-refractivity contribution in [3.05, 3.63) is 64.7 Å². The Balaban J connectivity index is 1.46. The van der Waals surface area contributed by atoms with E-state index in [0.717, 1.165) is 29.7 Å². The highest BCUT2D eigenvalue weighted by Crippen LogP contribution is 2.33. The Kier molecular flexibility index (Phi) is 6.55. The third-order valence-electron chi connectivity index (χ3n) is 6.15. The van der Waals surface area contributed by atoms with Crippen molar-refractivity contribution in [2.24, 2.45) is 0 Å². The normalized spacial score (nSPS) is 19.4. The van der Waals surface area contributed by atoms with Crippen LogP contribution in [0.15, 0.2) is 42.5 Å². The third kappa shape index (κ3) is 4.83. The van der Waals surface area contributed by atoms with E-state index >= 15 is 0 Å². The van der Waals surface area contributed by atoms with E-state index in [1.165, 1.54) is 4.90 Å². The molecule has 2 heterocycles. The summed E-state index contributed by atoms with van der Waals surface area (Å²) in [5.41, 5.74) is 4.01. The zero-order chi connectivity index (χ0) is 22.7. The highest BCUT2D eigenvalue weighted by atomic mass is 16.5. The molecule has 2 aromatic carbocycles. The maximum absolute atomic E-state index is 13.2. The van der Waals surface area contributed by atoms with Gasteiger partial charge >= 0.3 is 5.97 Å². The Morgan fingerprint density at radius 2 is 1.94 bits per heavy atom. The smallest absolute Gasteiger partial charge is 0.339 e. The molecule has 2 atom stereocenters. The average Bonchev–Trinajstić information content (AvgIpc) is 3.39. The molecule has 2 aromatic rings. The number of aryl methyl sites for hydroxylation is 1. The third-order valence-corrected chi connectivity index (χ3v) is 6.15. The van der Waals surface area contributed by atoms with Crippen LogP contribution in [0, 0.1) is 13.8 Å². The summed E-state index contributed by atoms with van der Waals surface area (Å²) in [5.74, 6) is -0.934.